The highest BCUT2D eigenvalue weighted by Gasteiger charge is 2.40. The third kappa shape index (κ3) is 1.17. The minimum atomic E-state index is 0.986. The van der Waals surface area contributed by atoms with Gasteiger partial charge in [0.2, 0.25) is 0 Å². The number of rotatable bonds is 1. The van der Waals surface area contributed by atoms with Crippen molar-refractivity contribution < 1.29 is 0 Å². The third-order valence-corrected chi connectivity index (χ3v) is 3.77. The fourth-order valence-corrected chi connectivity index (χ4v) is 2.85. The second-order valence-electron chi connectivity index (χ2n) is 4.70. The van der Waals surface area contributed by atoms with E-state index < -0.39 is 0 Å². The van der Waals surface area contributed by atoms with Gasteiger partial charge in [-0.25, -0.2) is 0 Å². The van der Waals surface area contributed by atoms with Crippen LogP contribution in [0.5, 0.6) is 0 Å². The van der Waals surface area contributed by atoms with E-state index in [-0.39, 0.29) is 0 Å². The van der Waals surface area contributed by atoms with Crippen LogP contribution in [0.1, 0.15) is 19.3 Å². The molecular formula is C10H18N2. The molecule has 0 aromatic rings. The Morgan fingerprint density at radius 2 is 1.83 bits per heavy atom. The van der Waals surface area contributed by atoms with Gasteiger partial charge in [0.1, 0.15) is 0 Å². The molecule has 2 aliphatic heterocycles. The van der Waals surface area contributed by atoms with Gasteiger partial charge in [-0.15, -0.1) is 0 Å². The van der Waals surface area contributed by atoms with E-state index in [1.807, 2.05) is 0 Å². The minimum absolute atomic E-state index is 0.986. The standard InChI is InChI=1S/C10H18N2/c1-2-10(1)12-6-8-3-4-11-5-9(8)7-12/h8-11H,1-7H2. The van der Waals surface area contributed by atoms with Crippen molar-refractivity contribution in [2.45, 2.75) is 25.3 Å². The normalized spacial score (nSPS) is 43.0. The van der Waals surface area contributed by atoms with Crippen LogP contribution in [-0.4, -0.2) is 37.1 Å². The molecule has 1 N–H and O–H groups in total. The summed E-state index contributed by atoms with van der Waals surface area (Å²) in [5, 5.41) is 3.51. The summed E-state index contributed by atoms with van der Waals surface area (Å²) in [5.41, 5.74) is 0. The van der Waals surface area contributed by atoms with Crippen LogP contribution < -0.4 is 5.32 Å². The summed E-state index contributed by atoms with van der Waals surface area (Å²) >= 11 is 0. The first-order valence-electron chi connectivity index (χ1n) is 5.38. The third-order valence-electron chi connectivity index (χ3n) is 3.77. The molecule has 2 unspecified atom stereocenters. The highest BCUT2D eigenvalue weighted by Crippen LogP contribution is 2.36. The van der Waals surface area contributed by atoms with Crippen molar-refractivity contribution in [3.05, 3.63) is 0 Å². The van der Waals surface area contributed by atoms with Crippen molar-refractivity contribution in [2.24, 2.45) is 11.8 Å². The molecule has 1 saturated carbocycles. The van der Waals surface area contributed by atoms with Crippen LogP contribution in [0.4, 0.5) is 0 Å². The topological polar surface area (TPSA) is 15.3 Å². The van der Waals surface area contributed by atoms with E-state index >= 15 is 0 Å². The molecule has 2 nitrogen and oxygen atoms in total. The summed E-state index contributed by atoms with van der Waals surface area (Å²) in [5.74, 6) is 2.02. The van der Waals surface area contributed by atoms with Gasteiger partial charge >= 0.3 is 0 Å². The molecule has 2 heteroatoms. The lowest BCUT2D eigenvalue weighted by Crippen LogP contribution is -2.35. The Morgan fingerprint density at radius 1 is 1.00 bits per heavy atom. The zero-order valence-corrected chi connectivity index (χ0v) is 7.63. The van der Waals surface area contributed by atoms with Gasteiger partial charge in [0, 0.05) is 19.1 Å². The average Bonchev–Trinajstić information content (AvgIpc) is 2.85. The molecule has 3 aliphatic rings. The van der Waals surface area contributed by atoms with E-state index in [9.17, 15) is 0 Å². The maximum Gasteiger partial charge on any atom is 0.00966 e. The first-order chi connectivity index (χ1) is 5.93. The number of hydrogen-bond acceptors (Lipinski definition) is 2. The first-order valence-corrected chi connectivity index (χ1v) is 5.38. The molecule has 68 valence electrons. The predicted molar refractivity (Wildman–Crippen MR) is 49.1 cm³/mol. The van der Waals surface area contributed by atoms with E-state index in [1.54, 1.807) is 0 Å². The number of nitrogens with one attached hydrogen (secondary N) is 1. The predicted octanol–water partition coefficient (Wildman–Crippen LogP) is 0.690. The molecular weight excluding hydrogens is 148 g/mol. The maximum atomic E-state index is 3.51. The molecule has 0 aromatic carbocycles. The highest BCUT2D eigenvalue weighted by molar-refractivity contribution is 4.95. The SMILES string of the molecule is C1CC2CN(C3CC3)CC2CN1. The summed E-state index contributed by atoms with van der Waals surface area (Å²) in [6.45, 7) is 5.35. The van der Waals surface area contributed by atoms with E-state index in [1.165, 1.54) is 45.4 Å². The summed E-state index contributed by atoms with van der Waals surface area (Å²) in [7, 11) is 0. The number of likely N-dealkylation sites (tertiary alicyclic amines) is 1. The van der Waals surface area contributed by atoms with Crippen LogP contribution >= 0.6 is 0 Å². The van der Waals surface area contributed by atoms with Crippen molar-refractivity contribution in [3.8, 4) is 0 Å². The van der Waals surface area contributed by atoms with Crippen molar-refractivity contribution >= 4 is 0 Å². The highest BCUT2D eigenvalue weighted by atomic mass is 15.2. The smallest absolute Gasteiger partial charge is 0.00966 e. The van der Waals surface area contributed by atoms with Crippen LogP contribution in [-0.2, 0) is 0 Å². The molecule has 0 spiro atoms. The summed E-state index contributed by atoms with van der Waals surface area (Å²) in [6, 6.07) is 0.996. The van der Waals surface area contributed by atoms with E-state index in [0.717, 1.165) is 17.9 Å². The second kappa shape index (κ2) is 2.71. The second-order valence-corrected chi connectivity index (χ2v) is 4.70. The Morgan fingerprint density at radius 3 is 2.58 bits per heavy atom. The Balaban J connectivity index is 1.65. The zero-order chi connectivity index (χ0) is 7.97. The molecule has 2 saturated heterocycles. The monoisotopic (exact) mass is 166 g/mol. The van der Waals surface area contributed by atoms with E-state index in [2.05, 4.69) is 10.2 Å². The lowest BCUT2D eigenvalue weighted by Gasteiger charge is -2.24. The summed E-state index contributed by atoms with van der Waals surface area (Å²) < 4.78 is 0. The van der Waals surface area contributed by atoms with Crippen LogP contribution in [0.25, 0.3) is 0 Å². The van der Waals surface area contributed by atoms with Gasteiger partial charge in [-0.3, -0.25) is 4.90 Å². The molecule has 2 atom stereocenters. The van der Waals surface area contributed by atoms with Crippen molar-refractivity contribution in [3.63, 3.8) is 0 Å². The molecule has 2 heterocycles. The molecule has 12 heavy (non-hydrogen) atoms. The van der Waals surface area contributed by atoms with Crippen molar-refractivity contribution in [1.82, 2.24) is 10.2 Å². The molecule has 0 radical (unpaired) electrons. The minimum Gasteiger partial charge on any atom is -0.316 e. The van der Waals surface area contributed by atoms with E-state index in [4.69, 9.17) is 0 Å². The van der Waals surface area contributed by atoms with E-state index in [0.29, 0.717) is 0 Å². The van der Waals surface area contributed by atoms with Crippen LogP contribution in [0.3, 0.4) is 0 Å². The fraction of sp³-hybridized carbons (Fsp3) is 1.00. The van der Waals surface area contributed by atoms with Gasteiger partial charge in [-0.1, -0.05) is 0 Å². The van der Waals surface area contributed by atoms with Gasteiger partial charge in [-0.2, -0.15) is 0 Å². The van der Waals surface area contributed by atoms with Crippen LogP contribution in [0.15, 0.2) is 0 Å². The Hall–Kier alpha value is -0.0800. The molecule has 0 aromatic heterocycles. The molecule has 1 aliphatic carbocycles. The lowest BCUT2D eigenvalue weighted by atomic mass is 9.90. The molecule has 3 fully saturated rings. The molecule has 0 bridgehead atoms. The van der Waals surface area contributed by atoms with Crippen molar-refractivity contribution in [1.29, 1.82) is 0 Å². The number of hydrogen-bond donors (Lipinski definition) is 1. The molecule has 3 rings (SSSR count). The van der Waals surface area contributed by atoms with Crippen LogP contribution in [0.2, 0.25) is 0 Å². The quantitative estimate of drug-likeness (QED) is 0.616. The molecule has 0 amide bonds. The van der Waals surface area contributed by atoms with Gasteiger partial charge in [0.05, 0.1) is 0 Å². The number of piperidine rings is 1. The summed E-state index contributed by atoms with van der Waals surface area (Å²) in [4.78, 5) is 2.74. The van der Waals surface area contributed by atoms with Gasteiger partial charge in [-0.05, 0) is 44.2 Å². The van der Waals surface area contributed by atoms with Gasteiger partial charge < -0.3 is 5.32 Å². The van der Waals surface area contributed by atoms with Gasteiger partial charge in [0.25, 0.3) is 0 Å². The average molecular weight is 166 g/mol. The Bertz CT molecular complexity index is 163. The Labute approximate surface area is 74.3 Å². The number of nitrogens with zero attached hydrogens (tertiary/aromatic N) is 1. The maximum absolute atomic E-state index is 3.51. The van der Waals surface area contributed by atoms with Gasteiger partial charge in [0.15, 0.2) is 0 Å². The fourth-order valence-electron chi connectivity index (χ4n) is 2.85. The Kier molecular flexibility index (Phi) is 1.66. The number of fused-ring (bicyclic) bond motifs is 1. The van der Waals surface area contributed by atoms with Crippen LogP contribution in [0, 0.1) is 11.8 Å². The zero-order valence-electron chi connectivity index (χ0n) is 7.63. The largest absolute Gasteiger partial charge is 0.316 e. The lowest BCUT2D eigenvalue weighted by molar-refractivity contribution is 0.311. The summed E-state index contributed by atoms with van der Waals surface area (Å²) in [6.07, 6.45) is 4.38. The first kappa shape index (κ1) is 7.34. The van der Waals surface area contributed by atoms with Crippen molar-refractivity contribution in [2.75, 3.05) is 26.2 Å².